The maximum Gasteiger partial charge on any atom is 0.266 e. The van der Waals surface area contributed by atoms with E-state index in [1.807, 2.05) is 0 Å². The molecule has 0 saturated carbocycles. The average molecular weight is 481 g/mol. The van der Waals surface area contributed by atoms with E-state index in [0.29, 0.717) is 0 Å². The first-order chi connectivity index (χ1) is 15.0. The second kappa shape index (κ2) is 8.80. The van der Waals surface area contributed by atoms with Gasteiger partial charge in [0.05, 0.1) is 20.9 Å². The number of amides is 2. The smallest absolute Gasteiger partial charge is 0.266 e. The van der Waals surface area contributed by atoms with Gasteiger partial charge in [-0.3, -0.25) is 14.6 Å². The maximum absolute atomic E-state index is 13.0. The molecule has 0 aliphatic heterocycles. The van der Waals surface area contributed by atoms with Gasteiger partial charge >= 0.3 is 0 Å². The van der Waals surface area contributed by atoms with Crippen LogP contribution < -0.4 is 9.44 Å². The molecule has 1 aromatic heterocycles. The number of hydrogen-bond donors (Lipinski definition) is 2. The van der Waals surface area contributed by atoms with Crippen LogP contribution in [0.1, 0.15) is 20.7 Å². The van der Waals surface area contributed by atoms with Crippen molar-refractivity contribution in [3.63, 3.8) is 0 Å². The van der Waals surface area contributed by atoms with Crippen molar-refractivity contribution in [2.24, 2.45) is 0 Å². The summed E-state index contributed by atoms with van der Waals surface area (Å²) in [6, 6.07) is 8.32. The number of nitrogens with one attached hydrogen (secondary N) is 2. The first-order valence-corrected chi connectivity index (χ1v) is 11.5. The van der Waals surface area contributed by atoms with Gasteiger partial charge in [0.2, 0.25) is 0 Å². The van der Waals surface area contributed by atoms with Crippen molar-refractivity contribution in [2.75, 3.05) is 0 Å². The third kappa shape index (κ3) is 5.31. The molecule has 2 amide bonds. The number of nitrogens with zero attached hydrogens (tertiary/aromatic N) is 1. The Morgan fingerprint density at radius 2 is 1.00 bits per heavy atom. The molecule has 0 bridgehead atoms. The SMILES string of the molecule is O=C(NS(=O)(=O)c1ccc(F)cc1)c1cncc(C(=O)NS(=O)(=O)c2ccc(F)cc2)c1. The molecule has 0 atom stereocenters. The van der Waals surface area contributed by atoms with E-state index < -0.39 is 43.5 Å². The largest absolute Gasteiger partial charge is 0.268 e. The van der Waals surface area contributed by atoms with Crippen molar-refractivity contribution < 1.29 is 35.2 Å². The van der Waals surface area contributed by atoms with Gasteiger partial charge in [0, 0.05) is 12.4 Å². The molecular formula is C19H13F2N3O6S2. The topological polar surface area (TPSA) is 139 Å². The van der Waals surface area contributed by atoms with Crippen LogP contribution in [0.15, 0.2) is 76.8 Å². The van der Waals surface area contributed by atoms with Gasteiger partial charge in [0.1, 0.15) is 11.6 Å². The molecule has 0 radical (unpaired) electrons. The Labute approximate surface area is 181 Å². The molecule has 2 N–H and O–H groups in total. The van der Waals surface area contributed by atoms with Crippen molar-refractivity contribution >= 4 is 31.9 Å². The number of hydrogen-bond acceptors (Lipinski definition) is 7. The first-order valence-electron chi connectivity index (χ1n) is 8.58. The van der Waals surface area contributed by atoms with E-state index in [2.05, 4.69) is 4.98 Å². The zero-order valence-electron chi connectivity index (χ0n) is 15.8. The molecule has 3 aromatic rings. The van der Waals surface area contributed by atoms with Crippen molar-refractivity contribution in [1.29, 1.82) is 0 Å². The van der Waals surface area contributed by atoms with Gasteiger partial charge < -0.3 is 0 Å². The van der Waals surface area contributed by atoms with E-state index in [1.165, 1.54) is 0 Å². The van der Waals surface area contributed by atoms with Crippen LogP contribution in [0.4, 0.5) is 8.78 Å². The minimum Gasteiger partial charge on any atom is -0.268 e. The monoisotopic (exact) mass is 481 g/mol. The minimum absolute atomic E-state index is 0.359. The summed E-state index contributed by atoms with van der Waals surface area (Å²) in [4.78, 5) is 27.5. The molecule has 1 heterocycles. The van der Waals surface area contributed by atoms with Crippen LogP contribution in [0.2, 0.25) is 0 Å². The molecule has 9 nitrogen and oxygen atoms in total. The van der Waals surface area contributed by atoms with E-state index >= 15 is 0 Å². The molecule has 3 rings (SSSR count). The predicted molar refractivity (Wildman–Crippen MR) is 106 cm³/mol. The molecule has 32 heavy (non-hydrogen) atoms. The lowest BCUT2D eigenvalue weighted by Crippen LogP contribution is -2.32. The summed E-state index contributed by atoms with van der Waals surface area (Å²) >= 11 is 0. The Balaban J connectivity index is 1.78. The Morgan fingerprint density at radius 3 is 1.34 bits per heavy atom. The summed E-state index contributed by atoms with van der Waals surface area (Å²) in [7, 11) is -8.69. The summed E-state index contributed by atoms with van der Waals surface area (Å²) in [5.74, 6) is -3.65. The van der Waals surface area contributed by atoms with E-state index in [1.54, 1.807) is 9.44 Å². The number of carbonyl (C=O) groups is 2. The number of pyridine rings is 1. The van der Waals surface area contributed by atoms with Crippen molar-refractivity contribution in [3.05, 3.63) is 89.8 Å². The Morgan fingerprint density at radius 1 is 0.656 bits per heavy atom. The zero-order chi connectivity index (χ0) is 23.5. The summed E-state index contributed by atoms with van der Waals surface area (Å²) in [5, 5.41) is 0. The highest BCUT2D eigenvalue weighted by Gasteiger charge is 2.22. The van der Waals surface area contributed by atoms with E-state index in [0.717, 1.165) is 67.0 Å². The highest BCUT2D eigenvalue weighted by Crippen LogP contribution is 2.13. The molecule has 0 fully saturated rings. The number of rotatable bonds is 6. The summed E-state index contributed by atoms with van der Waals surface area (Å²) in [6.45, 7) is 0. The molecule has 0 unspecified atom stereocenters. The molecule has 2 aromatic carbocycles. The van der Waals surface area contributed by atoms with Gasteiger partial charge in [-0.15, -0.1) is 0 Å². The number of benzene rings is 2. The van der Waals surface area contributed by atoms with Gasteiger partial charge in [-0.1, -0.05) is 0 Å². The third-order valence-corrected chi connectivity index (χ3v) is 6.66. The second-order valence-corrected chi connectivity index (χ2v) is 9.60. The molecular weight excluding hydrogens is 468 g/mol. The molecule has 0 aliphatic rings. The van der Waals surface area contributed by atoms with Crippen molar-refractivity contribution in [3.8, 4) is 0 Å². The van der Waals surface area contributed by atoms with Crippen molar-refractivity contribution in [1.82, 2.24) is 14.4 Å². The normalized spacial score (nSPS) is 11.6. The van der Waals surface area contributed by atoms with Crippen LogP contribution in [0.25, 0.3) is 0 Å². The van der Waals surface area contributed by atoms with Crippen LogP contribution in [0, 0.1) is 11.6 Å². The quantitative estimate of drug-likeness (QED) is 0.545. The van der Waals surface area contributed by atoms with E-state index in [-0.39, 0.29) is 20.9 Å². The lowest BCUT2D eigenvalue weighted by Gasteiger charge is -2.09. The molecule has 13 heteroatoms. The van der Waals surface area contributed by atoms with Crippen LogP contribution in [0.5, 0.6) is 0 Å². The average Bonchev–Trinajstić information content (AvgIpc) is 2.74. The van der Waals surface area contributed by atoms with Gasteiger partial charge in [0.15, 0.2) is 0 Å². The van der Waals surface area contributed by atoms with Crippen LogP contribution >= 0.6 is 0 Å². The summed E-state index contributed by atoms with van der Waals surface area (Å²) in [6.07, 6.45) is 1.92. The maximum atomic E-state index is 13.0. The first kappa shape index (κ1) is 23.0. The van der Waals surface area contributed by atoms with Crippen LogP contribution in [0.3, 0.4) is 0 Å². The number of halogens is 2. The van der Waals surface area contributed by atoms with Gasteiger partial charge in [-0.25, -0.2) is 35.1 Å². The third-order valence-electron chi connectivity index (χ3n) is 3.96. The summed E-state index contributed by atoms with van der Waals surface area (Å²) in [5.41, 5.74) is -0.718. The minimum atomic E-state index is -4.35. The predicted octanol–water partition coefficient (Wildman–Crippen LogP) is 1.60. The number of aromatic nitrogens is 1. The van der Waals surface area contributed by atoms with Gasteiger partial charge in [-0.2, -0.15) is 0 Å². The number of sulfonamides is 2. The van der Waals surface area contributed by atoms with E-state index in [9.17, 15) is 35.2 Å². The van der Waals surface area contributed by atoms with Crippen LogP contribution in [-0.4, -0.2) is 33.6 Å². The lowest BCUT2D eigenvalue weighted by atomic mass is 10.2. The molecule has 0 aliphatic carbocycles. The van der Waals surface area contributed by atoms with Gasteiger partial charge in [0.25, 0.3) is 31.9 Å². The lowest BCUT2D eigenvalue weighted by molar-refractivity contribution is 0.0979. The van der Waals surface area contributed by atoms with Crippen molar-refractivity contribution in [2.45, 2.75) is 9.79 Å². The summed E-state index contributed by atoms with van der Waals surface area (Å²) < 4.78 is 78.5. The number of carbonyl (C=O) groups excluding carboxylic acids is 2. The highest BCUT2D eigenvalue weighted by molar-refractivity contribution is 7.90. The highest BCUT2D eigenvalue weighted by atomic mass is 32.2. The standard InChI is InChI=1S/C19H13F2N3O6S2/c20-14-1-5-16(6-2-14)31(27,28)23-18(25)12-9-13(11-22-10-12)19(26)24-32(29,30)17-7-3-15(21)4-8-17/h1-11H,(H,23,25)(H,24,26). The van der Waals surface area contributed by atoms with Gasteiger partial charge in [-0.05, 0) is 54.6 Å². The Bertz CT molecular complexity index is 1290. The fourth-order valence-electron chi connectivity index (χ4n) is 2.40. The Kier molecular flexibility index (Phi) is 6.32. The fourth-order valence-corrected chi connectivity index (χ4v) is 4.34. The van der Waals surface area contributed by atoms with E-state index in [4.69, 9.17) is 0 Å². The fraction of sp³-hybridized carbons (Fsp3) is 0. The molecule has 166 valence electrons. The van der Waals surface area contributed by atoms with Crippen LogP contribution in [-0.2, 0) is 20.0 Å². The second-order valence-electron chi connectivity index (χ2n) is 6.24. The zero-order valence-corrected chi connectivity index (χ0v) is 17.5. The Hall–Kier alpha value is -3.71. The molecule has 0 spiro atoms. The molecule has 0 saturated heterocycles.